The van der Waals surface area contributed by atoms with E-state index in [1.54, 1.807) is 0 Å². The number of thioether (sulfide) groups is 1. The summed E-state index contributed by atoms with van der Waals surface area (Å²) >= 11 is 1.92. The molecule has 1 atom stereocenters. The Morgan fingerprint density at radius 3 is 2.78 bits per heavy atom. The van der Waals surface area contributed by atoms with Gasteiger partial charge in [-0.15, -0.1) is 11.8 Å². The fourth-order valence-electron chi connectivity index (χ4n) is 2.40. The van der Waals surface area contributed by atoms with Crippen LogP contribution in [0.1, 0.15) is 19.8 Å². The van der Waals surface area contributed by atoms with Gasteiger partial charge in [-0.05, 0) is 44.6 Å². The molecule has 0 aromatic rings. The van der Waals surface area contributed by atoms with E-state index in [4.69, 9.17) is 5.73 Å². The summed E-state index contributed by atoms with van der Waals surface area (Å²) in [6, 6.07) is 0. The van der Waals surface area contributed by atoms with Crippen LogP contribution in [0.25, 0.3) is 0 Å². The molecule has 2 aliphatic heterocycles. The molecule has 1 saturated heterocycles. The highest BCUT2D eigenvalue weighted by Crippen LogP contribution is 2.29. The number of dihydropyridines is 1. The van der Waals surface area contributed by atoms with Gasteiger partial charge < -0.3 is 10.6 Å². The molecule has 0 aliphatic carbocycles. The van der Waals surface area contributed by atoms with E-state index in [0.29, 0.717) is 16.9 Å². The van der Waals surface area contributed by atoms with E-state index in [1.807, 2.05) is 11.8 Å². The van der Waals surface area contributed by atoms with Crippen LogP contribution in [0.4, 0.5) is 0 Å². The topological polar surface area (TPSA) is 41.6 Å². The van der Waals surface area contributed by atoms with Crippen molar-refractivity contribution in [3.05, 3.63) is 23.9 Å². The van der Waals surface area contributed by atoms with Crippen LogP contribution in [-0.4, -0.2) is 41.9 Å². The lowest BCUT2D eigenvalue weighted by Crippen LogP contribution is -2.32. The Labute approximate surface area is 114 Å². The predicted octanol–water partition coefficient (Wildman–Crippen LogP) is 2.26. The normalized spacial score (nSPS) is 26.7. The van der Waals surface area contributed by atoms with Gasteiger partial charge in [0.25, 0.3) is 0 Å². The van der Waals surface area contributed by atoms with Crippen LogP contribution in [0.3, 0.4) is 0 Å². The molecule has 0 saturated carbocycles. The van der Waals surface area contributed by atoms with Gasteiger partial charge in [0, 0.05) is 23.4 Å². The number of hydrogen-bond donors (Lipinski definition) is 1. The maximum absolute atomic E-state index is 5.84. The summed E-state index contributed by atoms with van der Waals surface area (Å²) < 4.78 is 0. The smallest absolute Gasteiger partial charge is 0.0910 e. The molecule has 2 N–H and O–H groups in total. The summed E-state index contributed by atoms with van der Waals surface area (Å²) in [6.07, 6.45) is 4.64. The molecule has 18 heavy (non-hydrogen) atoms. The number of likely N-dealkylation sites (tertiary alicyclic amines) is 1. The van der Waals surface area contributed by atoms with Crippen molar-refractivity contribution in [3.63, 3.8) is 0 Å². The molecule has 0 amide bonds. The maximum atomic E-state index is 5.84. The molecule has 0 aromatic carbocycles. The minimum Gasteiger partial charge on any atom is -0.399 e. The molecule has 1 unspecified atom stereocenters. The van der Waals surface area contributed by atoms with E-state index < -0.39 is 0 Å². The van der Waals surface area contributed by atoms with E-state index >= 15 is 0 Å². The highest BCUT2D eigenvalue weighted by atomic mass is 32.2. The first kappa shape index (κ1) is 13.7. The van der Waals surface area contributed by atoms with Gasteiger partial charge in [0.1, 0.15) is 0 Å². The van der Waals surface area contributed by atoms with Crippen LogP contribution in [0, 0.1) is 5.92 Å². The first-order valence-corrected chi connectivity index (χ1v) is 7.50. The van der Waals surface area contributed by atoms with Gasteiger partial charge in [0.05, 0.1) is 5.04 Å². The molecule has 0 spiro atoms. The Bertz CT molecular complexity index is 379. The average molecular weight is 265 g/mol. The lowest BCUT2D eigenvalue weighted by atomic mass is 9.97. The summed E-state index contributed by atoms with van der Waals surface area (Å²) in [5, 5.41) is 1.85. The number of rotatable bonds is 2. The third kappa shape index (κ3) is 3.39. The molecular weight excluding hydrogens is 242 g/mol. The Balaban J connectivity index is 1.96. The van der Waals surface area contributed by atoms with Gasteiger partial charge in [0.15, 0.2) is 0 Å². The van der Waals surface area contributed by atoms with Crippen molar-refractivity contribution < 1.29 is 0 Å². The van der Waals surface area contributed by atoms with Crippen molar-refractivity contribution in [2.45, 2.75) is 25.0 Å². The summed E-state index contributed by atoms with van der Waals surface area (Å²) in [4.78, 5) is 7.04. The molecule has 2 rings (SSSR count). The number of piperidine rings is 1. The third-order valence-corrected chi connectivity index (χ3v) is 4.95. The second kappa shape index (κ2) is 5.93. The first-order valence-electron chi connectivity index (χ1n) is 6.62. The Morgan fingerprint density at radius 1 is 1.50 bits per heavy atom. The number of allylic oxidation sites excluding steroid dienone is 1. The van der Waals surface area contributed by atoms with Crippen LogP contribution in [-0.2, 0) is 0 Å². The zero-order valence-electron chi connectivity index (χ0n) is 11.4. The number of hydrogen-bond acceptors (Lipinski definition) is 4. The molecule has 2 aliphatic rings. The lowest BCUT2D eigenvalue weighted by Gasteiger charge is -2.29. The molecule has 0 bridgehead atoms. The fraction of sp³-hybridized carbons (Fsp3) is 0.643. The molecular formula is C14H23N3S. The van der Waals surface area contributed by atoms with Gasteiger partial charge in [-0.25, -0.2) is 0 Å². The van der Waals surface area contributed by atoms with Gasteiger partial charge in [-0.1, -0.05) is 13.5 Å². The van der Waals surface area contributed by atoms with E-state index in [-0.39, 0.29) is 0 Å². The molecule has 0 aromatic heterocycles. The molecule has 100 valence electrons. The molecule has 0 radical (unpaired) electrons. The minimum atomic E-state index is 0.407. The second-order valence-corrected chi connectivity index (χ2v) is 6.65. The third-order valence-electron chi connectivity index (χ3n) is 3.65. The van der Waals surface area contributed by atoms with Crippen LogP contribution < -0.4 is 5.73 Å². The molecule has 3 nitrogen and oxygen atoms in total. The second-order valence-electron chi connectivity index (χ2n) is 5.33. The zero-order chi connectivity index (χ0) is 13.1. The summed E-state index contributed by atoms with van der Waals surface area (Å²) in [5.74, 6) is 0.407. The average Bonchev–Trinajstić information content (AvgIpc) is 2.34. The number of nitrogens with zero attached hydrogens (tertiary/aromatic N) is 2. The molecule has 4 heteroatoms. The number of nitrogens with two attached hydrogens (primary N) is 1. The quantitative estimate of drug-likeness (QED) is 0.832. The fourth-order valence-corrected chi connectivity index (χ4v) is 3.53. The lowest BCUT2D eigenvalue weighted by molar-refractivity contribution is 0.282. The Morgan fingerprint density at radius 2 is 2.17 bits per heavy atom. The van der Waals surface area contributed by atoms with Gasteiger partial charge in [-0.3, -0.25) is 4.99 Å². The zero-order valence-corrected chi connectivity index (χ0v) is 12.2. The van der Waals surface area contributed by atoms with Gasteiger partial charge >= 0.3 is 0 Å². The van der Waals surface area contributed by atoms with Crippen molar-refractivity contribution >= 4 is 16.8 Å². The van der Waals surface area contributed by atoms with Crippen molar-refractivity contribution in [1.29, 1.82) is 0 Å². The van der Waals surface area contributed by atoms with Crippen LogP contribution in [0.15, 0.2) is 28.9 Å². The van der Waals surface area contributed by atoms with E-state index in [9.17, 15) is 0 Å². The highest BCUT2D eigenvalue weighted by molar-refractivity contribution is 8.14. The van der Waals surface area contributed by atoms with Crippen molar-refractivity contribution in [2.75, 3.05) is 26.7 Å². The van der Waals surface area contributed by atoms with E-state index in [2.05, 4.69) is 36.5 Å². The molecule has 2 heterocycles. The monoisotopic (exact) mass is 265 g/mol. The predicted molar refractivity (Wildman–Crippen MR) is 81.0 cm³/mol. The summed E-state index contributed by atoms with van der Waals surface area (Å²) in [5.41, 5.74) is 7.70. The van der Waals surface area contributed by atoms with Crippen molar-refractivity contribution in [1.82, 2.24) is 4.90 Å². The highest BCUT2D eigenvalue weighted by Gasteiger charge is 2.21. The van der Waals surface area contributed by atoms with Crippen molar-refractivity contribution in [2.24, 2.45) is 16.6 Å². The van der Waals surface area contributed by atoms with Gasteiger partial charge in [0.2, 0.25) is 0 Å². The minimum absolute atomic E-state index is 0.407. The van der Waals surface area contributed by atoms with E-state index in [0.717, 1.165) is 11.6 Å². The maximum Gasteiger partial charge on any atom is 0.0910 e. The summed E-state index contributed by atoms with van der Waals surface area (Å²) in [6.45, 7) is 9.25. The van der Waals surface area contributed by atoms with Gasteiger partial charge in [-0.2, -0.15) is 0 Å². The van der Waals surface area contributed by atoms with Crippen molar-refractivity contribution in [3.8, 4) is 0 Å². The molecule has 1 fully saturated rings. The Hall–Kier alpha value is -0.740. The largest absolute Gasteiger partial charge is 0.399 e. The standard InChI is InChI=1S/C14H23N3S/c1-10-9-16-14(8-13(10)11(2)15)18-12-4-6-17(3)7-5-12/h8,10,12H,2,4-7,9,15H2,1,3H3. The first-order chi connectivity index (χ1) is 8.56. The number of aliphatic imine (C=N–C) groups is 1. The van der Waals surface area contributed by atoms with Crippen LogP contribution >= 0.6 is 11.8 Å². The van der Waals surface area contributed by atoms with Crippen LogP contribution in [0.2, 0.25) is 0 Å². The van der Waals surface area contributed by atoms with E-state index in [1.165, 1.54) is 31.5 Å². The SMILES string of the molecule is C=C(N)C1=CC(SC2CCN(C)CC2)=NCC1C. The van der Waals surface area contributed by atoms with Crippen LogP contribution in [0.5, 0.6) is 0 Å². The Kier molecular flexibility index (Phi) is 4.51. The summed E-state index contributed by atoms with van der Waals surface area (Å²) in [7, 11) is 2.19.